The van der Waals surface area contributed by atoms with Gasteiger partial charge in [0.2, 0.25) is 0 Å². The van der Waals surface area contributed by atoms with Gasteiger partial charge in [0.25, 0.3) is 0 Å². The van der Waals surface area contributed by atoms with Crippen molar-refractivity contribution in [1.82, 2.24) is 0 Å². The molecule has 0 bridgehead atoms. The van der Waals surface area contributed by atoms with Crippen LogP contribution in [-0.2, 0) is 0 Å². The molecule has 2 N–H and O–H groups in total. The lowest BCUT2D eigenvalue weighted by molar-refractivity contribution is 0.137. The van der Waals surface area contributed by atoms with E-state index in [4.69, 9.17) is 15.0 Å². The van der Waals surface area contributed by atoms with Gasteiger partial charge < -0.3 is 10.2 Å². The monoisotopic (exact) mass is 428 g/mol. The second kappa shape index (κ2) is 30.5. The molecule has 0 aliphatic heterocycles. The molecule has 3 heteroatoms. The zero-order valence-corrected chi connectivity index (χ0v) is 20.8. The van der Waals surface area contributed by atoms with E-state index in [9.17, 15) is 0 Å². The van der Waals surface area contributed by atoms with Gasteiger partial charge in [0.15, 0.2) is 0 Å². The van der Waals surface area contributed by atoms with Gasteiger partial charge in [-0.3, -0.25) is 0 Å². The lowest BCUT2D eigenvalue weighted by Crippen LogP contribution is -1.84. The van der Waals surface area contributed by atoms with E-state index in [2.05, 4.69) is 13.8 Å². The third kappa shape index (κ3) is 37.9. The van der Waals surface area contributed by atoms with Crippen molar-refractivity contribution in [3.05, 3.63) is 0 Å². The van der Waals surface area contributed by atoms with Crippen molar-refractivity contribution >= 4 is 6.16 Å². The number of carboxylic acid groups (broad SMARTS) is 2. The highest BCUT2D eigenvalue weighted by atomic mass is 16.6. The zero-order valence-electron chi connectivity index (χ0n) is 20.8. The Hall–Kier alpha value is -0.730. The lowest BCUT2D eigenvalue weighted by atomic mass is 10.0. The summed E-state index contributed by atoms with van der Waals surface area (Å²) >= 11 is 0. The summed E-state index contributed by atoms with van der Waals surface area (Å²) in [5.74, 6) is 0. The third-order valence-corrected chi connectivity index (χ3v) is 5.96. The molecular weight excluding hydrogens is 372 g/mol. The Labute approximate surface area is 189 Å². The van der Waals surface area contributed by atoms with Crippen molar-refractivity contribution in [2.45, 2.75) is 168 Å². The van der Waals surface area contributed by atoms with Gasteiger partial charge in [-0.2, -0.15) is 0 Å². The van der Waals surface area contributed by atoms with Crippen LogP contribution in [0, 0.1) is 0 Å². The highest BCUT2D eigenvalue weighted by Crippen LogP contribution is 2.15. The number of rotatable bonds is 23. The minimum Gasteiger partial charge on any atom is -0.450 e. The van der Waals surface area contributed by atoms with Crippen LogP contribution < -0.4 is 0 Å². The number of carbonyl (C=O) groups is 1. The first-order valence-corrected chi connectivity index (χ1v) is 13.6. The maximum absolute atomic E-state index is 8.56. The maximum Gasteiger partial charge on any atom is 0.503 e. The molecule has 0 rings (SSSR count). The van der Waals surface area contributed by atoms with E-state index in [1.54, 1.807) is 0 Å². The van der Waals surface area contributed by atoms with Gasteiger partial charge in [-0.05, 0) is 0 Å². The molecule has 0 radical (unpaired) electrons. The van der Waals surface area contributed by atoms with Crippen LogP contribution in [0.4, 0.5) is 4.79 Å². The van der Waals surface area contributed by atoms with Gasteiger partial charge in [0.1, 0.15) is 0 Å². The molecule has 0 amide bonds. The van der Waals surface area contributed by atoms with Crippen LogP contribution in [0.2, 0.25) is 0 Å². The summed E-state index contributed by atoms with van der Waals surface area (Å²) in [5, 5.41) is 13.9. The van der Waals surface area contributed by atoms with E-state index in [0.29, 0.717) is 0 Å². The molecular formula is C27H56O3. The molecule has 0 heterocycles. The van der Waals surface area contributed by atoms with Crippen LogP contribution in [0.3, 0.4) is 0 Å². The second-order valence-corrected chi connectivity index (χ2v) is 9.06. The van der Waals surface area contributed by atoms with Crippen LogP contribution >= 0.6 is 0 Å². The Balaban J connectivity index is 0. The minimum absolute atomic E-state index is 1.37. The summed E-state index contributed by atoms with van der Waals surface area (Å²) in [6, 6.07) is 0. The first kappa shape index (κ1) is 31.5. The standard InChI is InChI=1S/C26H54.CH2O3/c1-3-5-7-9-11-13-15-17-19-21-23-25-26-24-22-20-18-16-14-12-10-8-6-4-2;2-1(3)4/h3-26H2,1-2H3;(H2,2,3,4). The average molecular weight is 429 g/mol. The first-order chi connectivity index (χ1) is 14.6. The summed E-state index contributed by atoms with van der Waals surface area (Å²) < 4.78 is 0. The van der Waals surface area contributed by atoms with Crippen LogP contribution in [0.25, 0.3) is 0 Å². The third-order valence-electron chi connectivity index (χ3n) is 5.96. The number of hydrogen-bond donors (Lipinski definition) is 2. The molecule has 0 aromatic heterocycles. The minimum atomic E-state index is -1.83. The molecule has 30 heavy (non-hydrogen) atoms. The zero-order chi connectivity index (χ0) is 22.5. The molecule has 0 saturated carbocycles. The van der Waals surface area contributed by atoms with Crippen molar-refractivity contribution in [3.8, 4) is 0 Å². The van der Waals surface area contributed by atoms with Gasteiger partial charge in [0, 0.05) is 0 Å². The van der Waals surface area contributed by atoms with E-state index in [1.165, 1.54) is 154 Å². The predicted octanol–water partition coefficient (Wildman–Crippen LogP) is 10.6. The van der Waals surface area contributed by atoms with Gasteiger partial charge >= 0.3 is 6.16 Å². The Bertz CT molecular complexity index is 276. The fraction of sp³-hybridized carbons (Fsp3) is 0.963. The van der Waals surface area contributed by atoms with Gasteiger partial charge in [-0.25, -0.2) is 4.79 Å². The molecule has 0 spiro atoms. The Morgan fingerprint density at radius 3 is 0.567 bits per heavy atom. The largest absolute Gasteiger partial charge is 0.503 e. The van der Waals surface area contributed by atoms with Crippen molar-refractivity contribution in [3.63, 3.8) is 0 Å². The van der Waals surface area contributed by atoms with Crippen LogP contribution in [0.5, 0.6) is 0 Å². The molecule has 0 aromatic carbocycles. The first-order valence-electron chi connectivity index (χ1n) is 13.6. The van der Waals surface area contributed by atoms with Gasteiger partial charge in [-0.15, -0.1) is 0 Å². The number of unbranched alkanes of at least 4 members (excludes halogenated alkanes) is 23. The van der Waals surface area contributed by atoms with Crippen LogP contribution in [0.15, 0.2) is 0 Å². The van der Waals surface area contributed by atoms with Crippen LogP contribution in [0.1, 0.15) is 168 Å². The van der Waals surface area contributed by atoms with Crippen molar-refractivity contribution in [2.24, 2.45) is 0 Å². The highest BCUT2D eigenvalue weighted by molar-refractivity contribution is 5.53. The van der Waals surface area contributed by atoms with E-state index in [-0.39, 0.29) is 0 Å². The topological polar surface area (TPSA) is 57.5 Å². The molecule has 182 valence electrons. The molecule has 0 aromatic rings. The molecule has 0 unspecified atom stereocenters. The summed E-state index contributed by atoms with van der Waals surface area (Å²) in [7, 11) is 0. The maximum atomic E-state index is 8.56. The smallest absolute Gasteiger partial charge is 0.450 e. The summed E-state index contributed by atoms with van der Waals surface area (Å²) in [6.07, 6.45) is 33.6. The predicted molar refractivity (Wildman–Crippen MR) is 133 cm³/mol. The fourth-order valence-electron chi connectivity index (χ4n) is 4.04. The average Bonchev–Trinajstić information content (AvgIpc) is 2.71. The summed E-state index contributed by atoms with van der Waals surface area (Å²) in [4.78, 5) is 8.56. The molecule has 0 fully saturated rings. The second-order valence-electron chi connectivity index (χ2n) is 9.06. The molecule has 0 aliphatic rings. The molecule has 0 saturated heterocycles. The van der Waals surface area contributed by atoms with Crippen molar-refractivity contribution < 1.29 is 15.0 Å². The quantitative estimate of drug-likeness (QED) is 0.159. The number of hydrogen-bond acceptors (Lipinski definition) is 1. The van der Waals surface area contributed by atoms with Crippen LogP contribution in [-0.4, -0.2) is 16.4 Å². The van der Waals surface area contributed by atoms with E-state index < -0.39 is 6.16 Å². The van der Waals surface area contributed by atoms with E-state index in [0.717, 1.165) is 0 Å². The Morgan fingerprint density at radius 2 is 0.467 bits per heavy atom. The van der Waals surface area contributed by atoms with Crippen molar-refractivity contribution in [1.29, 1.82) is 0 Å². The lowest BCUT2D eigenvalue weighted by Gasteiger charge is -2.04. The molecule has 0 aliphatic carbocycles. The summed E-state index contributed by atoms with van der Waals surface area (Å²) in [6.45, 7) is 4.61. The fourth-order valence-corrected chi connectivity index (χ4v) is 4.04. The summed E-state index contributed by atoms with van der Waals surface area (Å²) in [5.41, 5.74) is 0. The molecule has 0 atom stereocenters. The van der Waals surface area contributed by atoms with Gasteiger partial charge in [0.05, 0.1) is 0 Å². The Morgan fingerprint density at radius 1 is 0.367 bits per heavy atom. The van der Waals surface area contributed by atoms with Gasteiger partial charge in [-0.1, -0.05) is 168 Å². The Kier molecular flexibility index (Phi) is 31.9. The van der Waals surface area contributed by atoms with E-state index >= 15 is 0 Å². The normalized spacial score (nSPS) is 10.6. The van der Waals surface area contributed by atoms with Crippen molar-refractivity contribution in [2.75, 3.05) is 0 Å². The molecule has 3 nitrogen and oxygen atoms in total. The van der Waals surface area contributed by atoms with E-state index in [1.807, 2.05) is 0 Å². The SMILES string of the molecule is CCCCCCCCCCCCCCCCCCCCCCCCCC.O=C(O)O. The highest BCUT2D eigenvalue weighted by Gasteiger charge is 1.95.